The fourth-order valence-corrected chi connectivity index (χ4v) is 2.47. The first-order valence-corrected chi connectivity index (χ1v) is 7.31. The van der Waals surface area contributed by atoms with Crippen LogP contribution in [0.15, 0.2) is 47.4 Å². The highest BCUT2D eigenvalue weighted by atomic mass is 19.4. The maximum atomic E-state index is 12.7. The monoisotopic (exact) mass is 338 g/mol. The summed E-state index contributed by atoms with van der Waals surface area (Å²) in [6.45, 7) is 3.20. The minimum Gasteiger partial charge on any atom is -0.348 e. The van der Waals surface area contributed by atoms with E-state index in [1.165, 1.54) is 0 Å². The van der Waals surface area contributed by atoms with Crippen LogP contribution in [0.3, 0.4) is 0 Å². The van der Waals surface area contributed by atoms with Crippen LogP contribution in [0.25, 0.3) is 0 Å². The second-order valence-corrected chi connectivity index (χ2v) is 5.50. The first-order chi connectivity index (χ1) is 11.2. The molecular formula is C17H17F3N2O2. The van der Waals surface area contributed by atoms with Crippen molar-refractivity contribution in [3.63, 3.8) is 0 Å². The average molecular weight is 338 g/mol. The fraction of sp³-hybridized carbons (Fsp3) is 0.294. The first kappa shape index (κ1) is 17.8. The molecule has 1 heterocycles. The van der Waals surface area contributed by atoms with Gasteiger partial charge in [0.15, 0.2) is 0 Å². The highest BCUT2D eigenvalue weighted by Gasteiger charge is 2.34. The molecule has 0 bridgehead atoms. The summed E-state index contributed by atoms with van der Waals surface area (Å²) in [5.74, 6) is -0.535. The Morgan fingerprint density at radius 3 is 2.50 bits per heavy atom. The molecule has 0 aliphatic carbocycles. The minimum atomic E-state index is -4.75. The number of pyridine rings is 1. The van der Waals surface area contributed by atoms with Crippen molar-refractivity contribution in [2.75, 3.05) is 0 Å². The molecule has 0 saturated heterocycles. The molecule has 0 fully saturated rings. The predicted molar refractivity (Wildman–Crippen MR) is 83.4 cm³/mol. The van der Waals surface area contributed by atoms with Crippen LogP contribution in [0.4, 0.5) is 13.2 Å². The molecule has 0 spiro atoms. The first-order valence-electron chi connectivity index (χ1n) is 7.31. The molecule has 4 nitrogen and oxygen atoms in total. The van der Waals surface area contributed by atoms with Crippen LogP contribution in [0.2, 0.25) is 0 Å². The summed E-state index contributed by atoms with van der Waals surface area (Å²) in [6.07, 6.45) is -3.58. The Labute approximate surface area is 136 Å². The quantitative estimate of drug-likeness (QED) is 0.931. The van der Waals surface area contributed by atoms with Crippen LogP contribution in [0.1, 0.15) is 29.7 Å². The number of carbonyl (C=O) groups is 1. The minimum absolute atomic E-state index is 0.319. The van der Waals surface area contributed by atoms with Crippen molar-refractivity contribution in [2.24, 2.45) is 0 Å². The van der Waals surface area contributed by atoms with E-state index in [1.54, 1.807) is 6.92 Å². The maximum absolute atomic E-state index is 12.7. The van der Waals surface area contributed by atoms with Crippen molar-refractivity contribution in [1.29, 1.82) is 0 Å². The van der Waals surface area contributed by atoms with E-state index in [4.69, 9.17) is 0 Å². The van der Waals surface area contributed by atoms with Gasteiger partial charge in [0.05, 0.1) is 6.04 Å². The van der Waals surface area contributed by atoms with Gasteiger partial charge in [0.2, 0.25) is 5.91 Å². The molecule has 24 heavy (non-hydrogen) atoms. The van der Waals surface area contributed by atoms with Gasteiger partial charge in [0, 0.05) is 6.20 Å². The van der Waals surface area contributed by atoms with E-state index in [2.05, 4.69) is 5.32 Å². The van der Waals surface area contributed by atoms with E-state index < -0.39 is 29.8 Å². The van der Waals surface area contributed by atoms with Crippen molar-refractivity contribution in [3.05, 3.63) is 69.6 Å². The largest absolute Gasteiger partial charge is 0.421 e. The van der Waals surface area contributed by atoms with Crippen molar-refractivity contribution in [1.82, 2.24) is 9.88 Å². The van der Waals surface area contributed by atoms with Crippen molar-refractivity contribution < 1.29 is 18.0 Å². The lowest BCUT2D eigenvalue weighted by Gasteiger charge is -2.17. The lowest BCUT2D eigenvalue weighted by atomic mass is 10.0. The van der Waals surface area contributed by atoms with Gasteiger partial charge in [-0.25, -0.2) is 0 Å². The summed E-state index contributed by atoms with van der Waals surface area (Å²) in [6, 6.07) is 8.94. The number of alkyl halides is 3. The molecule has 1 N–H and O–H groups in total. The number of aryl methyl sites for hydroxylation is 1. The van der Waals surface area contributed by atoms with E-state index in [1.807, 2.05) is 31.2 Å². The summed E-state index contributed by atoms with van der Waals surface area (Å²) in [4.78, 5) is 23.9. The summed E-state index contributed by atoms with van der Waals surface area (Å²) < 4.78 is 38.9. The number of nitrogens with zero attached hydrogens (tertiary/aromatic N) is 1. The molecule has 1 amide bonds. The Morgan fingerprint density at radius 1 is 1.21 bits per heavy atom. The van der Waals surface area contributed by atoms with Crippen LogP contribution in [-0.4, -0.2) is 10.5 Å². The lowest BCUT2D eigenvalue weighted by molar-refractivity contribution is -0.139. The summed E-state index contributed by atoms with van der Waals surface area (Å²) in [5, 5.41) is 2.69. The number of hydrogen-bond donors (Lipinski definition) is 1. The van der Waals surface area contributed by atoms with Gasteiger partial charge >= 0.3 is 6.18 Å². The van der Waals surface area contributed by atoms with Gasteiger partial charge in [0.25, 0.3) is 5.56 Å². The van der Waals surface area contributed by atoms with E-state index in [9.17, 15) is 22.8 Å². The van der Waals surface area contributed by atoms with E-state index >= 15 is 0 Å². The van der Waals surface area contributed by atoms with Crippen LogP contribution < -0.4 is 10.9 Å². The van der Waals surface area contributed by atoms with Crippen molar-refractivity contribution in [2.45, 2.75) is 32.6 Å². The van der Waals surface area contributed by atoms with E-state index in [-0.39, 0.29) is 6.04 Å². The number of amides is 1. The second kappa shape index (κ2) is 6.90. The number of halogens is 3. The third-order valence-electron chi connectivity index (χ3n) is 3.67. The molecule has 0 aliphatic heterocycles. The molecule has 0 saturated carbocycles. The molecule has 1 unspecified atom stereocenters. The van der Waals surface area contributed by atoms with Gasteiger partial charge < -0.3 is 9.88 Å². The molecule has 1 atom stereocenters. The van der Waals surface area contributed by atoms with Gasteiger partial charge in [-0.15, -0.1) is 0 Å². The molecule has 2 rings (SSSR count). The van der Waals surface area contributed by atoms with E-state index in [0.29, 0.717) is 6.07 Å². The molecule has 7 heteroatoms. The smallest absolute Gasteiger partial charge is 0.348 e. The molecule has 1 aromatic heterocycles. The highest BCUT2D eigenvalue weighted by Crippen LogP contribution is 2.26. The van der Waals surface area contributed by atoms with Gasteiger partial charge in [-0.3, -0.25) is 9.59 Å². The zero-order valence-corrected chi connectivity index (χ0v) is 13.2. The number of benzene rings is 1. The lowest BCUT2D eigenvalue weighted by Crippen LogP contribution is -2.35. The van der Waals surface area contributed by atoms with Gasteiger partial charge in [-0.1, -0.05) is 24.3 Å². The van der Waals surface area contributed by atoms with Crippen LogP contribution in [-0.2, 0) is 17.5 Å². The van der Waals surface area contributed by atoms with E-state index in [0.717, 1.165) is 28.0 Å². The van der Waals surface area contributed by atoms with Crippen LogP contribution in [0.5, 0.6) is 0 Å². The van der Waals surface area contributed by atoms with Crippen LogP contribution >= 0.6 is 0 Å². The topological polar surface area (TPSA) is 51.1 Å². The standard InChI is InChI=1S/C17H17F3N2O2/c1-11-6-3-4-7-13(11)12(2)21-15(23)10-22-9-5-8-14(16(22)24)17(18,19)20/h3-9,12H,10H2,1-2H3,(H,21,23). The SMILES string of the molecule is Cc1ccccc1C(C)NC(=O)Cn1cccc(C(F)(F)F)c1=O. The Kier molecular flexibility index (Phi) is 5.11. The fourth-order valence-electron chi connectivity index (χ4n) is 2.47. The maximum Gasteiger partial charge on any atom is 0.421 e. The molecular weight excluding hydrogens is 321 g/mol. The predicted octanol–water partition coefficient (Wildman–Crippen LogP) is 3.05. The zero-order valence-electron chi connectivity index (χ0n) is 13.2. The molecule has 0 aliphatic rings. The Bertz CT molecular complexity index is 797. The third-order valence-corrected chi connectivity index (χ3v) is 3.67. The number of nitrogens with one attached hydrogen (secondary N) is 1. The Balaban J connectivity index is 2.14. The third kappa shape index (κ3) is 4.04. The summed E-state index contributed by atoms with van der Waals surface area (Å²) in [5.41, 5.74) is -0.628. The van der Waals surface area contributed by atoms with Gasteiger partial charge in [-0.2, -0.15) is 13.2 Å². The molecule has 2 aromatic rings. The summed E-state index contributed by atoms with van der Waals surface area (Å²) in [7, 11) is 0. The van der Waals surface area contributed by atoms with Gasteiger partial charge in [-0.05, 0) is 37.1 Å². The normalized spacial score (nSPS) is 12.7. The number of rotatable bonds is 4. The molecule has 128 valence electrons. The zero-order chi connectivity index (χ0) is 17.9. The summed E-state index contributed by atoms with van der Waals surface area (Å²) >= 11 is 0. The van der Waals surface area contributed by atoms with Gasteiger partial charge in [0.1, 0.15) is 12.1 Å². The molecule has 0 radical (unpaired) electrons. The Hall–Kier alpha value is -2.57. The van der Waals surface area contributed by atoms with Crippen molar-refractivity contribution >= 4 is 5.91 Å². The number of carbonyl (C=O) groups excluding carboxylic acids is 1. The van der Waals surface area contributed by atoms with Crippen LogP contribution in [0, 0.1) is 6.92 Å². The number of hydrogen-bond acceptors (Lipinski definition) is 2. The molecule has 1 aromatic carbocycles. The average Bonchev–Trinajstić information content (AvgIpc) is 2.48. The second-order valence-electron chi connectivity index (χ2n) is 5.50. The highest BCUT2D eigenvalue weighted by molar-refractivity contribution is 5.76. The van der Waals surface area contributed by atoms with Crippen molar-refractivity contribution in [3.8, 4) is 0 Å². The Morgan fingerprint density at radius 2 is 1.88 bits per heavy atom. The number of aromatic nitrogens is 1.